The number of hydrogen-bond donors (Lipinski definition) is 1. The summed E-state index contributed by atoms with van der Waals surface area (Å²) in [5.41, 5.74) is 1.88. The third-order valence-corrected chi connectivity index (χ3v) is 2.40. The Morgan fingerprint density at radius 2 is 2.50 bits per heavy atom. The lowest BCUT2D eigenvalue weighted by Gasteiger charge is -2.21. The van der Waals surface area contributed by atoms with E-state index in [0.717, 1.165) is 24.5 Å². The topological polar surface area (TPSA) is 45.2 Å². The quantitative estimate of drug-likeness (QED) is 0.726. The van der Waals surface area contributed by atoms with E-state index in [0.29, 0.717) is 6.42 Å². The van der Waals surface area contributed by atoms with Crippen molar-refractivity contribution in [1.29, 1.82) is 0 Å². The molecule has 0 unspecified atom stereocenters. The molecule has 0 radical (unpaired) electrons. The Hall–Kier alpha value is -1.58. The molecule has 0 aliphatic carbocycles. The highest BCUT2D eigenvalue weighted by molar-refractivity contribution is 5.95. The van der Waals surface area contributed by atoms with Crippen molar-refractivity contribution in [3.05, 3.63) is 18.5 Å². The zero-order valence-electron chi connectivity index (χ0n) is 8.16. The van der Waals surface area contributed by atoms with Crippen molar-refractivity contribution in [2.75, 3.05) is 23.3 Å². The van der Waals surface area contributed by atoms with Crippen LogP contribution in [0.2, 0.25) is 0 Å². The number of rotatable bonds is 1. The predicted molar refractivity (Wildman–Crippen MR) is 55.4 cm³/mol. The molecule has 0 aromatic carbocycles. The van der Waals surface area contributed by atoms with Gasteiger partial charge in [-0.3, -0.25) is 9.78 Å². The van der Waals surface area contributed by atoms with Gasteiger partial charge in [0.1, 0.15) is 0 Å². The van der Waals surface area contributed by atoms with Crippen molar-refractivity contribution < 1.29 is 4.79 Å². The molecule has 2 rings (SSSR count). The van der Waals surface area contributed by atoms with E-state index in [1.165, 1.54) is 0 Å². The fourth-order valence-corrected chi connectivity index (χ4v) is 1.66. The molecule has 74 valence electrons. The number of carbonyl (C=O) groups is 1. The van der Waals surface area contributed by atoms with Crippen molar-refractivity contribution >= 4 is 17.3 Å². The lowest BCUT2D eigenvalue weighted by molar-refractivity contribution is -0.115. The molecule has 2 heterocycles. The molecule has 1 aromatic heterocycles. The average molecular weight is 191 g/mol. The van der Waals surface area contributed by atoms with E-state index in [4.69, 9.17) is 0 Å². The molecule has 1 aliphatic rings. The number of fused-ring (bicyclic) bond motifs is 1. The van der Waals surface area contributed by atoms with Crippen LogP contribution in [0.25, 0.3) is 0 Å². The molecule has 0 spiro atoms. The molecule has 0 bridgehead atoms. The van der Waals surface area contributed by atoms with E-state index in [-0.39, 0.29) is 5.91 Å². The van der Waals surface area contributed by atoms with E-state index in [2.05, 4.69) is 22.1 Å². The second-order valence-electron chi connectivity index (χ2n) is 3.27. The maximum atomic E-state index is 11.3. The van der Waals surface area contributed by atoms with Crippen LogP contribution in [0.3, 0.4) is 0 Å². The molecule has 1 aromatic rings. The van der Waals surface area contributed by atoms with Crippen LogP contribution in [0.1, 0.15) is 13.3 Å². The summed E-state index contributed by atoms with van der Waals surface area (Å²) in [6.45, 7) is 3.77. The third-order valence-electron chi connectivity index (χ3n) is 2.40. The van der Waals surface area contributed by atoms with Gasteiger partial charge in [-0.2, -0.15) is 0 Å². The van der Waals surface area contributed by atoms with Gasteiger partial charge in [0.25, 0.3) is 0 Å². The summed E-state index contributed by atoms with van der Waals surface area (Å²) < 4.78 is 0. The normalized spacial score (nSPS) is 15.8. The third kappa shape index (κ3) is 1.55. The van der Waals surface area contributed by atoms with Gasteiger partial charge in [0.15, 0.2) is 0 Å². The summed E-state index contributed by atoms with van der Waals surface area (Å²) in [5.74, 6) is 0.0650. The van der Waals surface area contributed by atoms with Crippen LogP contribution in [0, 0.1) is 0 Å². The van der Waals surface area contributed by atoms with Gasteiger partial charge in [0.05, 0.1) is 17.6 Å². The van der Waals surface area contributed by atoms with Crippen LogP contribution in [-0.4, -0.2) is 24.0 Å². The minimum absolute atomic E-state index is 0.0650. The van der Waals surface area contributed by atoms with E-state index in [9.17, 15) is 4.79 Å². The van der Waals surface area contributed by atoms with Crippen LogP contribution in [0.5, 0.6) is 0 Å². The van der Waals surface area contributed by atoms with Crippen LogP contribution >= 0.6 is 0 Å². The number of hydrogen-bond acceptors (Lipinski definition) is 3. The summed E-state index contributed by atoms with van der Waals surface area (Å²) in [6.07, 6.45) is 3.99. The van der Waals surface area contributed by atoms with Gasteiger partial charge in [-0.15, -0.1) is 0 Å². The molecule has 0 fully saturated rings. The first kappa shape index (κ1) is 8.99. The minimum atomic E-state index is 0.0650. The number of aromatic nitrogens is 1. The van der Waals surface area contributed by atoms with E-state index in [1.54, 1.807) is 12.4 Å². The highest BCUT2D eigenvalue weighted by Gasteiger charge is 2.17. The van der Waals surface area contributed by atoms with Crippen LogP contribution < -0.4 is 10.2 Å². The number of amides is 1. The molecule has 0 atom stereocenters. The largest absolute Gasteiger partial charge is 0.370 e. The number of carbonyl (C=O) groups excluding carboxylic acids is 1. The standard InChI is InChI=1S/C10H13N3O/c1-2-13-6-4-10(14)12-8-7-11-5-3-9(8)13/h3,5,7H,2,4,6H2,1H3,(H,12,14). The molecular formula is C10H13N3O. The molecule has 14 heavy (non-hydrogen) atoms. The van der Waals surface area contributed by atoms with E-state index in [1.807, 2.05) is 6.07 Å². The van der Waals surface area contributed by atoms with Crippen molar-refractivity contribution in [1.82, 2.24) is 4.98 Å². The van der Waals surface area contributed by atoms with Crippen molar-refractivity contribution in [3.63, 3.8) is 0 Å². The maximum absolute atomic E-state index is 11.3. The Kier molecular flexibility index (Phi) is 2.35. The summed E-state index contributed by atoms with van der Waals surface area (Å²) >= 11 is 0. The fraction of sp³-hybridized carbons (Fsp3) is 0.400. The molecule has 4 nitrogen and oxygen atoms in total. The van der Waals surface area contributed by atoms with Gasteiger partial charge in [-0.25, -0.2) is 0 Å². The first-order valence-corrected chi connectivity index (χ1v) is 4.80. The predicted octanol–water partition coefficient (Wildman–Crippen LogP) is 1.25. The maximum Gasteiger partial charge on any atom is 0.226 e. The lowest BCUT2D eigenvalue weighted by Crippen LogP contribution is -2.23. The second-order valence-corrected chi connectivity index (χ2v) is 3.27. The Bertz CT molecular complexity index is 351. The van der Waals surface area contributed by atoms with Crippen molar-refractivity contribution in [2.24, 2.45) is 0 Å². The van der Waals surface area contributed by atoms with Gasteiger partial charge >= 0.3 is 0 Å². The van der Waals surface area contributed by atoms with Gasteiger partial charge in [0, 0.05) is 25.7 Å². The summed E-state index contributed by atoms with van der Waals surface area (Å²) in [7, 11) is 0. The summed E-state index contributed by atoms with van der Waals surface area (Å²) in [4.78, 5) is 17.5. The Morgan fingerprint density at radius 3 is 3.29 bits per heavy atom. The second kappa shape index (κ2) is 3.65. The monoisotopic (exact) mass is 191 g/mol. The number of anilines is 2. The van der Waals surface area contributed by atoms with Crippen LogP contribution in [-0.2, 0) is 4.79 Å². The number of pyridine rings is 1. The van der Waals surface area contributed by atoms with Gasteiger partial charge in [-0.1, -0.05) is 0 Å². The van der Waals surface area contributed by atoms with Gasteiger partial charge in [-0.05, 0) is 13.0 Å². The highest BCUT2D eigenvalue weighted by Crippen LogP contribution is 2.26. The number of nitrogens with one attached hydrogen (secondary N) is 1. The first-order valence-electron chi connectivity index (χ1n) is 4.80. The van der Waals surface area contributed by atoms with E-state index >= 15 is 0 Å². The molecule has 1 aliphatic heterocycles. The lowest BCUT2D eigenvalue weighted by atomic mass is 10.3. The van der Waals surface area contributed by atoms with Crippen molar-refractivity contribution in [2.45, 2.75) is 13.3 Å². The van der Waals surface area contributed by atoms with Crippen LogP contribution in [0.15, 0.2) is 18.5 Å². The molecule has 0 saturated carbocycles. The van der Waals surface area contributed by atoms with Crippen LogP contribution in [0.4, 0.5) is 11.4 Å². The zero-order chi connectivity index (χ0) is 9.97. The summed E-state index contributed by atoms with van der Waals surface area (Å²) in [6, 6.07) is 1.93. The Balaban J connectivity index is 2.40. The van der Waals surface area contributed by atoms with E-state index < -0.39 is 0 Å². The molecule has 0 saturated heterocycles. The minimum Gasteiger partial charge on any atom is -0.370 e. The number of nitrogens with zero attached hydrogens (tertiary/aromatic N) is 2. The first-order chi connectivity index (χ1) is 6.81. The average Bonchev–Trinajstić information content (AvgIpc) is 2.36. The smallest absolute Gasteiger partial charge is 0.226 e. The zero-order valence-corrected chi connectivity index (χ0v) is 8.16. The summed E-state index contributed by atoms with van der Waals surface area (Å²) in [5, 5.41) is 2.84. The fourth-order valence-electron chi connectivity index (χ4n) is 1.66. The molecule has 1 N–H and O–H groups in total. The molecule has 1 amide bonds. The highest BCUT2D eigenvalue weighted by atomic mass is 16.1. The Labute approximate surface area is 82.9 Å². The Morgan fingerprint density at radius 1 is 1.64 bits per heavy atom. The molecule has 4 heteroatoms. The van der Waals surface area contributed by atoms with Gasteiger partial charge < -0.3 is 10.2 Å². The SMILES string of the molecule is CCN1CCC(=O)Nc2cnccc21. The molecular weight excluding hydrogens is 178 g/mol. The van der Waals surface area contributed by atoms with Gasteiger partial charge in [0.2, 0.25) is 5.91 Å². The van der Waals surface area contributed by atoms with Crippen molar-refractivity contribution in [3.8, 4) is 0 Å².